The molecular weight excluding hydrogens is 466 g/mol. The fraction of sp³-hybridized carbons (Fsp3) is 0.0741. The largest absolute Gasteiger partial charge is 0.496 e. The second kappa shape index (κ2) is 9.37. The van der Waals surface area contributed by atoms with Crippen LogP contribution in [-0.2, 0) is 0 Å². The summed E-state index contributed by atoms with van der Waals surface area (Å²) in [6, 6.07) is 19.3. The van der Waals surface area contributed by atoms with Crippen molar-refractivity contribution in [3.63, 3.8) is 0 Å². The topological polar surface area (TPSA) is 78.8 Å². The number of nitrogens with zero attached hydrogens (tertiary/aromatic N) is 3. The highest BCUT2D eigenvalue weighted by molar-refractivity contribution is 6.30. The van der Waals surface area contributed by atoms with Crippen molar-refractivity contribution in [3.8, 4) is 35.4 Å². The first-order valence-electron chi connectivity index (χ1n) is 10.6. The van der Waals surface area contributed by atoms with E-state index in [1.807, 2.05) is 24.3 Å². The lowest BCUT2D eigenvalue weighted by Gasteiger charge is -2.09. The van der Waals surface area contributed by atoms with Crippen LogP contribution >= 0.6 is 11.6 Å². The van der Waals surface area contributed by atoms with E-state index in [9.17, 15) is 4.79 Å². The molecule has 0 saturated carbocycles. The van der Waals surface area contributed by atoms with Crippen LogP contribution in [0.25, 0.3) is 33.5 Å². The second-order valence-corrected chi connectivity index (χ2v) is 7.91. The average molecular weight is 484 g/mol. The van der Waals surface area contributed by atoms with Crippen molar-refractivity contribution < 1.29 is 13.9 Å². The summed E-state index contributed by atoms with van der Waals surface area (Å²) in [5.41, 5.74) is 1.30. The molecule has 2 heterocycles. The molecule has 0 fully saturated rings. The minimum Gasteiger partial charge on any atom is -0.496 e. The third kappa shape index (κ3) is 4.23. The van der Waals surface area contributed by atoms with Crippen LogP contribution in [0.5, 0.6) is 11.5 Å². The van der Waals surface area contributed by atoms with Crippen LogP contribution in [0.15, 0.2) is 81.0 Å². The fourth-order valence-electron chi connectivity index (χ4n) is 3.70. The Labute approximate surface area is 205 Å². The Morgan fingerprint density at radius 1 is 1.11 bits per heavy atom. The van der Waals surface area contributed by atoms with Gasteiger partial charge in [0.15, 0.2) is 5.76 Å². The SMILES string of the molecule is C#CCOc1ccc(Cl)cc1C=Nn1c(-c2cc3c(OC)cccc3o2)nc2ccccc2c1=O. The van der Waals surface area contributed by atoms with E-state index in [0.717, 1.165) is 5.39 Å². The third-order valence-corrected chi connectivity index (χ3v) is 5.55. The van der Waals surface area contributed by atoms with Gasteiger partial charge in [-0.15, -0.1) is 6.42 Å². The number of terminal acetylenes is 1. The number of ether oxygens (including phenoxy) is 2. The van der Waals surface area contributed by atoms with Crippen LogP contribution in [0, 0.1) is 12.3 Å². The number of furan rings is 1. The molecule has 8 heteroatoms. The molecule has 2 aromatic heterocycles. The molecule has 0 atom stereocenters. The molecule has 0 spiro atoms. The second-order valence-electron chi connectivity index (χ2n) is 7.47. The van der Waals surface area contributed by atoms with Gasteiger partial charge in [-0.1, -0.05) is 35.7 Å². The first-order chi connectivity index (χ1) is 17.1. The zero-order valence-corrected chi connectivity index (χ0v) is 19.3. The van der Waals surface area contributed by atoms with Crippen molar-refractivity contribution in [2.45, 2.75) is 0 Å². The van der Waals surface area contributed by atoms with Gasteiger partial charge in [0.1, 0.15) is 23.7 Å². The van der Waals surface area contributed by atoms with Crippen LogP contribution in [-0.4, -0.2) is 29.6 Å². The predicted octanol–water partition coefficient (Wildman–Crippen LogP) is 5.37. The predicted molar refractivity (Wildman–Crippen MR) is 137 cm³/mol. The molecule has 0 unspecified atom stereocenters. The summed E-state index contributed by atoms with van der Waals surface area (Å²) < 4.78 is 18.3. The Morgan fingerprint density at radius 3 is 2.80 bits per heavy atom. The molecule has 0 aliphatic carbocycles. The normalized spacial score (nSPS) is 11.2. The Morgan fingerprint density at radius 2 is 1.97 bits per heavy atom. The summed E-state index contributed by atoms with van der Waals surface area (Å²) >= 11 is 6.18. The zero-order chi connectivity index (χ0) is 24.4. The van der Waals surface area contributed by atoms with Gasteiger partial charge in [0.05, 0.1) is 29.6 Å². The summed E-state index contributed by atoms with van der Waals surface area (Å²) in [7, 11) is 1.58. The standard InChI is InChI=1S/C27H18ClN3O4/c1-3-13-34-22-12-11-18(28)14-17(22)16-29-31-26(30-21-8-5-4-7-19(21)27(31)32)25-15-20-23(33-2)9-6-10-24(20)35-25/h1,4-12,14-16H,13H2,2H3. The Kier molecular flexibility index (Phi) is 5.96. The summed E-state index contributed by atoms with van der Waals surface area (Å²) in [6.07, 6.45) is 6.80. The van der Waals surface area contributed by atoms with Gasteiger partial charge in [0.25, 0.3) is 5.56 Å². The van der Waals surface area contributed by atoms with Crippen LogP contribution in [0.2, 0.25) is 5.02 Å². The molecule has 0 amide bonds. The van der Waals surface area contributed by atoms with E-state index < -0.39 is 0 Å². The lowest BCUT2D eigenvalue weighted by atomic mass is 10.2. The number of aromatic nitrogens is 2. The molecule has 0 aliphatic rings. The van der Waals surface area contributed by atoms with E-state index >= 15 is 0 Å². The summed E-state index contributed by atoms with van der Waals surface area (Å²) in [5.74, 6) is 4.14. The number of rotatable bonds is 6. The highest BCUT2D eigenvalue weighted by atomic mass is 35.5. The van der Waals surface area contributed by atoms with Gasteiger partial charge in [-0.05, 0) is 48.5 Å². The van der Waals surface area contributed by atoms with Gasteiger partial charge in [0.2, 0.25) is 5.82 Å². The molecule has 0 bridgehead atoms. The third-order valence-electron chi connectivity index (χ3n) is 5.31. The lowest BCUT2D eigenvalue weighted by molar-refractivity contribution is 0.370. The van der Waals surface area contributed by atoms with Gasteiger partial charge >= 0.3 is 0 Å². The van der Waals surface area contributed by atoms with Gasteiger partial charge < -0.3 is 13.9 Å². The summed E-state index contributed by atoms with van der Waals surface area (Å²) in [6.45, 7) is 0.0754. The Bertz CT molecular complexity index is 1700. The zero-order valence-electron chi connectivity index (χ0n) is 18.6. The minimum atomic E-state index is -0.359. The van der Waals surface area contributed by atoms with Crippen molar-refractivity contribution in [2.75, 3.05) is 13.7 Å². The number of hydrogen-bond acceptors (Lipinski definition) is 6. The van der Waals surface area contributed by atoms with Crippen molar-refractivity contribution in [3.05, 3.63) is 87.7 Å². The van der Waals surface area contributed by atoms with E-state index in [2.05, 4.69) is 16.0 Å². The number of hydrogen-bond donors (Lipinski definition) is 0. The van der Waals surface area contributed by atoms with Crippen LogP contribution in [0.4, 0.5) is 0 Å². The molecule has 0 N–H and O–H groups in total. The minimum absolute atomic E-state index is 0.0754. The molecule has 5 aromatic rings. The Hall–Kier alpha value is -4.54. The van der Waals surface area contributed by atoms with Crippen LogP contribution < -0.4 is 15.0 Å². The maximum atomic E-state index is 13.5. The molecule has 7 nitrogen and oxygen atoms in total. The summed E-state index contributed by atoms with van der Waals surface area (Å²) in [5, 5.41) is 6.11. The molecular formula is C27H18ClN3O4. The lowest BCUT2D eigenvalue weighted by Crippen LogP contribution is -2.20. The van der Waals surface area contributed by atoms with Crippen molar-refractivity contribution in [1.29, 1.82) is 0 Å². The van der Waals surface area contributed by atoms with Crippen LogP contribution in [0.3, 0.4) is 0 Å². The van der Waals surface area contributed by atoms with Gasteiger partial charge in [-0.25, -0.2) is 4.98 Å². The molecule has 0 radical (unpaired) electrons. The van der Waals surface area contributed by atoms with Gasteiger partial charge in [-0.2, -0.15) is 9.78 Å². The highest BCUT2D eigenvalue weighted by Gasteiger charge is 2.18. The van der Waals surface area contributed by atoms with Gasteiger partial charge in [0, 0.05) is 10.6 Å². The quantitative estimate of drug-likeness (QED) is 0.240. The fourth-order valence-corrected chi connectivity index (χ4v) is 3.88. The van der Waals surface area contributed by atoms with Gasteiger partial charge in [-0.3, -0.25) is 4.79 Å². The molecule has 3 aromatic carbocycles. The molecule has 5 rings (SSSR count). The monoisotopic (exact) mass is 483 g/mol. The maximum absolute atomic E-state index is 13.5. The van der Waals surface area contributed by atoms with E-state index in [-0.39, 0.29) is 18.0 Å². The van der Waals surface area contributed by atoms with Crippen molar-refractivity contribution in [2.24, 2.45) is 5.10 Å². The number of fused-ring (bicyclic) bond motifs is 2. The highest BCUT2D eigenvalue weighted by Crippen LogP contribution is 2.33. The number of halogens is 1. The smallest absolute Gasteiger partial charge is 0.282 e. The Balaban J connectivity index is 1.71. The number of para-hydroxylation sites is 1. The average Bonchev–Trinajstić information content (AvgIpc) is 3.32. The van der Waals surface area contributed by atoms with E-state index in [4.69, 9.17) is 31.9 Å². The first-order valence-corrected chi connectivity index (χ1v) is 11.0. The summed E-state index contributed by atoms with van der Waals surface area (Å²) in [4.78, 5) is 18.2. The number of benzene rings is 3. The van der Waals surface area contributed by atoms with E-state index in [1.54, 1.807) is 49.6 Å². The molecule has 0 saturated heterocycles. The molecule has 172 valence electrons. The molecule has 0 aliphatic heterocycles. The van der Waals surface area contributed by atoms with Crippen LogP contribution in [0.1, 0.15) is 5.56 Å². The van der Waals surface area contributed by atoms with E-state index in [1.165, 1.54) is 10.9 Å². The first kappa shape index (κ1) is 22.3. The van der Waals surface area contributed by atoms with E-state index in [0.29, 0.717) is 44.3 Å². The van der Waals surface area contributed by atoms with Crippen molar-refractivity contribution >= 4 is 39.7 Å². The maximum Gasteiger partial charge on any atom is 0.282 e. The molecule has 35 heavy (non-hydrogen) atoms. The number of methoxy groups -OCH3 is 1. The van der Waals surface area contributed by atoms with Crippen molar-refractivity contribution in [1.82, 2.24) is 9.66 Å².